The Hall–Kier alpha value is -2.59. The van der Waals surface area contributed by atoms with Crippen molar-refractivity contribution in [2.24, 2.45) is 0 Å². The van der Waals surface area contributed by atoms with Gasteiger partial charge in [0.1, 0.15) is 0 Å². The van der Waals surface area contributed by atoms with E-state index < -0.39 is 7.12 Å². The molecule has 7 nitrogen and oxygen atoms in total. The van der Waals surface area contributed by atoms with Crippen LogP contribution in [0.2, 0.25) is 5.02 Å². The van der Waals surface area contributed by atoms with E-state index in [0.717, 1.165) is 11.1 Å². The van der Waals surface area contributed by atoms with Crippen molar-refractivity contribution in [2.75, 3.05) is 0 Å². The molecule has 2 N–H and O–H groups in total. The average molecular weight is 427 g/mol. The zero-order valence-corrected chi connectivity index (χ0v) is 16.9. The largest absolute Gasteiger partial charge is 0.488 e. The molecule has 0 spiro atoms. The van der Waals surface area contributed by atoms with Gasteiger partial charge in [-0.05, 0) is 35.6 Å². The summed E-state index contributed by atoms with van der Waals surface area (Å²) in [5.41, 5.74) is 2.59. The molecule has 4 rings (SSSR count). The Morgan fingerprint density at radius 2 is 1.90 bits per heavy atom. The van der Waals surface area contributed by atoms with Crippen LogP contribution in [0, 0.1) is 6.92 Å². The highest BCUT2D eigenvalue weighted by Gasteiger charge is 2.17. The van der Waals surface area contributed by atoms with Crippen LogP contribution in [0.4, 0.5) is 0 Å². The number of nitrogens with zero attached hydrogens (tertiary/aromatic N) is 4. The molecule has 2 aromatic carbocycles. The number of thioether (sulfide) groups is 1. The minimum absolute atomic E-state index is 0.199. The first-order valence-electron chi connectivity index (χ1n) is 8.76. The molecule has 0 aliphatic rings. The van der Waals surface area contributed by atoms with E-state index in [1.54, 1.807) is 41.1 Å². The van der Waals surface area contributed by atoms with Crippen molar-refractivity contribution in [2.45, 2.75) is 17.8 Å². The molecule has 146 valence electrons. The zero-order valence-electron chi connectivity index (χ0n) is 15.4. The van der Waals surface area contributed by atoms with Crippen molar-refractivity contribution in [1.82, 2.24) is 19.2 Å². The third-order valence-corrected chi connectivity index (χ3v) is 6.03. The van der Waals surface area contributed by atoms with E-state index in [2.05, 4.69) is 10.2 Å². The van der Waals surface area contributed by atoms with Crippen molar-refractivity contribution < 1.29 is 10.0 Å². The number of fused-ring (bicyclic) bond motifs is 1. The molecule has 0 aliphatic heterocycles. The Labute approximate surface area is 175 Å². The summed E-state index contributed by atoms with van der Waals surface area (Å²) >= 11 is 7.54. The Bertz CT molecular complexity index is 1260. The molecule has 0 fully saturated rings. The van der Waals surface area contributed by atoms with Gasteiger partial charge in [-0.15, -0.1) is 10.2 Å². The molecule has 2 aromatic heterocycles. The van der Waals surface area contributed by atoms with Crippen LogP contribution in [0.25, 0.3) is 11.3 Å². The number of halogens is 1. The standard InChI is InChI=1S/C19H16BClN4O3S/c1-12-15(21)7-4-8-16(12)24-9-10-25-17(18(24)26)22-23-19(25)29-11-13-5-2-3-6-14(13)20(27)28/h2-10,27-28H,11H2,1H3. The van der Waals surface area contributed by atoms with Crippen LogP contribution in [0.1, 0.15) is 11.1 Å². The molecule has 0 amide bonds. The molecular formula is C19H16BClN4O3S. The fraction of sp³-hybridized carbons (Fsp3) is 0.105. The Balaban J connectivity index is 1.68. The van der Waals surface area contributed by atoms with E-state index >= 15 is 0 Å². The molecule has 2 heterocycles. The van der Waals surface area contributed by atoms with Crippen LogP contribution < -0.4 is 11.0 Å². The summed E-state index contributed by atoms with van der Waals surface area (Å²) in [5, 5.41) is 28.3. The quantitative estimate of drug-likeness (QED) is 0.373. The normalized spacial score (nSPS) is 11.2. The summed E-state index contributed by atoms with van der Waals surface area (Å²) in [6.45, 7) is 1.85. The van der Waals surface area contributed by atoms with E-state index in [1.165, 1.54) is 16.3 Å². The fourth-order valence-electron chi connectivity index (χ4n) is 3.07. The van der Waals surface area contributed by atoms with Gasteiger partial charge in [-0.25, -0.2) is 0 Å². The minimum atomic E-state index is -1.55. The number of benzene rings is 2. The Kier molecular flexibility index (Phi) is 5.47. The van der Waals surface area contributed by atoms with Gasteiger partial charge in [0.2, 0.25) is 5.65 Å². The van der Waals surface area contributed by atoms with Gasteiger partial charge < -0.3 is 10.0 Å². The van der Waals surface area contributed by atoms with Crippen molar-refractivity contribution in [3.05, 3.63) is 81.4 Å². The van der Waals surface area contributed by atoms with Crippen molar-refractivity contribution in [3.8, 4) is 5.69 Å². The van der Waals surface area contributed by atoms with Crippen LogP contribution in [0.5, 0.6) is 0 Å². The van der Waals surface area contributed by atoms with E-state index in [4.69, 9.17) is 11.6 Å². The maximum absolute atomic E-state index is 12.9. The number of hydrogen-bond donors (Lipinski definition) is 2. The highest BCUT2D eigenvalue weighted by Crippen LogP contribution is 2.23. The smallest absolute Gasteiger partial charge is 0.423 e. The summed E-state index contributed by atoms with van der Waals surface area (Å²) in [4.78, 5) is 12.9. The highest BCUT2D eigenvalue weighted by molar-refractivity contribution is 7.98. The second-order valence-electron chi connectivity index (χ2n) is 6.39. The van der Waals surface area contributed by atoms with Crippen LogP contribution >= 0.6 is 23.4 Å². The predicted molar refractivity (Wildman–Crippen MR) is 114 cm³/mol. The molecule has 0 bridgehead atoms. The Morgan fingerprint density at radius 3 is 2.69 bits per heavy atom. The van der Waals surface area contributed by atoms with Gasteiger partial charge in [0.15, 0.2) is 5.16 Å². The average Bonchev–Trinajstić information content (AvgIpc) is 3.13. The molecule has 4 aromatic rings. The molecule has 0 saturated carbocycles. The predicted octanol–water partition coefficient (Wildman–Crippen LogP) is 1.81. The minimum Gasteiger partial charge on any atom is -0.423 e. The maximum atomic E-state index is 12.9. The van der Waals surface area contributed by atoms with E-state index in [9.17, 15) is 14.8 Å². The summed E-state index contributed by atoms with van der Waals surface area (Å²) in [7, 11) is -1.55. The molecule has 0 aliphatic carbocycles. The number of rotatable bonds is 5. The van der Waals surface area contributed by atoms with Crippen molar-refractivity contribution >= 4 is 41.6 Å². The van der Waals surface area contributed by atoms with Gasteiger partial charge in [0.25, 0.3) is 0 Å². The second kappa shape index (κ2) is 8.04. The highest BCUT2D eigenvalue weighted by atomic mass is 35.5. The monoisotopic (exact) mass is 426 g/mol. The third-order valence-electron chi connectivity index (χ3n) is 4.63. The summed E-state index contributed by atoms with van der Waals surface area (Å²) < 4.78 is 3.12. The summed E-state index contributed by atoms with van der Waals surface area (Å²) in [6.07, 6.45) is 3.39. The second-order valence-corrected chi connectivity index (χ2v) is 7.74. The summed E-state index contributed by atoms with van der Waals surface area (Å²) in [5.74, 6) is 0.449. The molecule has 0 radical (unpaired) electrons. The maximum Gasteiger partial charge on any atom is 0.488 e. The van der Waals surface area contributed by atoms with Gasteiger partial charge >= 0.3 is 12.7 Å². The lowest BCUT2D eigenvalue weighted by atomic mass is 9.77. The Morgan fingerprint density at radius 1 is 1.10 bits per heavy atom. The zero-order chi connectivity index (χ0) is 20.5. The van der Waals surface area contributed by atoms with Gasteiger partial charge in [0, 0.05) is 23.2 Å². The van der Waals surface area contributed by atoms with Gasteiger partial charge in [-0.3, -0.25) is 13.8 Å². The first-order valence-corrected chi connectivity index (χ1v) is 10.1. The molecule has 0 saturated heterocycles. The fourth-order valence-corrected chi connectivity index (χ4v) is 4.17. The molecule has 0 unspecified atom stereocenters. The first kappa shape index (κ1) is 19.7. The van der Waals surface area contributed by atoms with Gasteiger partial charge in [0.05, 0.1) is 5.69 Å². The van der Waals surface area contributed by atoms with E-state index in [0.29, 0.717) is 27.1 Å². The number of hydrogen-bond acceptors (Lipinski definition) is 6. The molecule has 29 heavy (non-hydrogen) atoms. The first-order chi connectivity index (χ1) is 14.0. The molecule has 10 heteroatoms. The lowest BCUT2D eigenvalue weighted by Crippen LogP contribution is -2.32. The summed E-state index contributed by atoms with van der Waals surface area (Å²) in [6, 6.07) is 12.4. The molecular weight excluding hydrogens is 411 g/mol. The lowest BCUT2D eigenvalue weighted by molar-refractivity contribution is 0.425. The van der Waals surface area contributed by atoms with Crippen LogP contribution in [0.15, 0.2) is 64.8 Å². The van der Waals surface area contributed by atoms with Gasteiger partial charge in [-0.1, -0.05) is 53.7 Å². The third kappa shape index (κ3) is 3.69. The van der Waals surface area contributed by atoms with Crippen molar-refractivity contribution in [1.29, 1.82) is 0 Å². The topological polar surface area (TPSA) is 92.7 Å². The lowest BCUT2D eigenvalue weighted by Gasteiger charge is -2.10. The SMILES string of the molecule is Cc1c(Cl)cccc1-n1ccn2c(SCc3ccccc3B(O)O)nnc2c1=O. The van der Waals surface area contributed by atoms with E-state index in [-0.39, 0.29) is 11.2 Å². The van der Waals surface area contributed by atoms with Gasteiger partial charge in [-0.2, -0.15) is 0 Å². The van der Waals surface area contributed by atoms with E-state index in [1.807, 2.05) is 25.1 Å². The van der Waals surface area contributed by atoms with Crippen molar-refractivity contribution in [3.63, 3.8) is 0 Å². The van der Waals surface area contributed by atoms with Crippen LogP contribution in [0.3, 0.4) is 0 Å². The molecule has 0 atom stereocenters. The number of aromatic nitrogens is 4. The van der Waals surface area contributed by atoms with Crippen LogP contribution in [-0.4, -0.2) is 36.3 Å². The van der Waals surface area contributed by atoms with Crippen LogP contribution in [-0.2, 0) is 5.75 Å².